The topological polar surface area (TPSA) is 34.9 Å². The molecule has 0 saturated heterocycles. The highest BCUT2D eigenvalue weighted by atomic mass is 16.1. The molecule has 3 rings (SSSR count). The fraction of sp³-hybridized carbons (Fsp3) is 0.375. The number of hydrogen-bond acceptors (Lipinski definition) is 2. The van der Waals surface area contributed by atoms with E-state index < -0.39 is 0 Å². The van der Waals surface area contributed by atoms with Crippen LogP contribution in [0.2, 0.25) is 0 Å². The smallest absolute Gasteiger partial charge is 0.156 e. The molecule has 0 unspecified atom stereocenters. The van der Waals surface area contributed by atoms with E-state index >= 15 is 0 Å². The molecule has 0 radical (unpaired) electrons. The maximum Gasteiger partial charge on any atom is 0.156 e. The molecular formula is C16H18N2O. The van der Waals surface area contributed by atoms with E-state index in [1.807, 2.05) is 30.6 Å². The highest BCUT2D eigenvalue weighted by Gasteiger charge is 2.27. The van der Waals surface area contributed by atoms with E-state index in [1.54, 1.807) is 0 Å². The van der Waals surface area contributed by atoms with Crippen LogP contribution in [0, 0.1) is 5.41 Å². The highest BCUT2D eigenvalue weighted by molar-refractivity contribution is 5.91. The second-order valence-electron chi connectivity index (χ2n) is 6.15. The second-order valence-corrected chi connectivity index (χ2v) is 6.15. The van der Waals surface area contributed by atoms with Gasteiger partial charge in [0.2, 0.25) is 0 Å². The molecule has 1 aromatic heterocycles. The second kappa shape index (κ2) is 4.34. The minimum absolute atomic E-state index is 0.0809. The minimum atomic E-state index is 0.0809. The summed E-state index contributed by atoms with van der Waals surface area (Å²) in [5, 5.41) is 0. The monoisotopic (exact) mass is 254 g/mol. The number of rotatable bonds is 2. The van der Waals surface area contributed by atoms with Gasteiger partial charge in [0.15, 0.2) is 5.78 Å². The Kier molecular flexibility index (Phi) is 2.77. The number of hydrogen-bond donors (Lipinski definition) is 0. The standard InChI is InChI=1S/C16H18N2O/c1-16(2)8-12(7-13(19)9-16)10-18-11-17-14-5-3-4-6-15(14)18/h3-7,11H,8-10H2,1-2H3. The van der Waals surface area contributed by atoms with Crippen molar-refractivity contribution in [1.29, 1.82) is 0 Å². The van der Waals surface area contributed by atoms with Crippen molar-refractivity contribution in [2.24, 2.45) is 5.41 Å². The van der Waals surface area contributed by atoms with Crippen LogP contribution in [0.25, 0.3) is 11.0 Å². The van der Waals surface area contributed by atoms with Crippen LogP contribution in [0.5, 0.6) is 0 Å². The average Bonchev–Trinajstić information content (AvgIpc) is 2.70. The molecule has 2 aromatic rings. The number of fused-ring (bicyclic) bond motifs is 1. The number of para-hydroxylation sites is 2. The molecule has 98 valence electrons. The van der Waals surface area contributed by atoms with Crippen molar-refractivity contribution in [3.63, 3.8) is 0 Å². The highest BCUT2D eigenvalue weighted by Crippen LogP contribution is 2.34. The number of imidazole rings is 1. The summed E-state index contributed by atoms with van der Waals surface area (Å²) in [6.45, 7) is 5.07. The quantitative estimate of drug-likeness (QED) is 0.823. The van der Waals surface area contributed by atoms with Crippen molar-refractivity contribution in [2.45, 2.75) is 33.2 Å². The Labute approximate surface area is 113 Å². The predicted molar refractivity (Wildman–Crippen MR) is 75.8 cm³/mol. The summed E-state index contributed by atoms with van der Waals surface area (Å²) >= 11 is 0. The molecule has 0 aliphatic heterocycles. The summed E-state index contributed by atoms with van der Waals surface area (Å²) in [4.78, 5) is 16.2. The van der Waals surface area contributed by atoms with E-state index in [0.717, 1.165) is 24.0 Å². The first kappa shape index (κ1) is 12.2. The lowest BCUT2D eigenvalue weighted by molar-refractivity contribution is -0.117. The van der Waals surface area contributed by atoms with Crippen molar-refractivity contribution in [1.82, 2.24) is 9.55 Å². The molecular weight excluding hydrogens is 236 g/mol. The van der Waals surface area contributed by atoms with E-state index in [-0.39, 0.29) is 11.2 Å². The van der Waals surface area contributed by atoms with Crippen molar-refractivity contribution in [2.75, 3.05) is 0 Å². The van der Waals surface area contributed by atoms with Gasteiger partial charge in [-0.25, -0.2) is 4.98 Å². The number of allylic oxidation sites excluding steroid dienone is 2. The van der Waals surface area contributed by atoms with Crippen molar-refractivity contribution < 1.29 is 4.79 Å². The fourth-order valence-electron chi connectivity index (χ4n) is 2.94. The maximum absolute atomic E-state index is 11.8. The molecule has 19 heavy (non-hydrogen) atoms. The van der Waals surface area contributed by atoms with Gasteiger partial charge in [-0.15, -0.1) is 0 Å². The summed E-state index contributed by atoms with van der Waals surface area (Å²) in [5.41, 5.74) is 3.41. The lowest BCUT2D eigenvalue weighted by atomic mass is 9.77. The van der Waals surface area contributed by atoms with Crippen LogP contribution in [-0.4, -0.2) is 15.3 Å². The van der Waals surface area contributed by atoms with Gasteiger partial charge < -0.3 is 4.57 Å². The van der Waals surface area contributed by atoms with Crippen LogP contribution in [0.1, 0.15) is 26.7 Å². The van der Waals surface area contributed by atoms with Crippen LogP contribution in [-0.2, 0) is 11.3 Å². The Balaban J connectivity index is 1.91. The van der Waals surface area contributed by atoms with Gasteiger partial charge in [-0.2, -0.15) is 0 Å². The van der Waals surface area contributed by atoms with E-state index in [2.05, 4.69) is 29.5 Å². The van der Waals surface area contributed by atoms with Gasteiger partial charge in [0.1, 0.15) is 0 Å². The zero-order valence-corrected chi connectivity index (χ0v) is 11.4. The summed E-state index contributed by atoms with van der Waals surface area (Å²) in [5.74, 6) is 0.246. The molecule has 0 atom stereocenters. The first-order chi connectivity index (χ1) is 9.03. The molecule has 1 aliphatic rings. The Morgan fingerprint density at radius 3 is 2.84 bits per heavy atom. The number of benzene rings is 1. The minimum Gasteiger partial charge on any atom is -0.326 e. The van der Waals surface area contributed by atoms with E-state index in [9.17, 15) is 4.79 Å². The molecule has 0 fully saturated rings. The van der Waals surface area contributed by atoms with Crippen molar-refractivity contribution in [3.8, 4) is 0 Å². The van der Waals surface area contributed by atoms with Crippen LogP contribution < -0.4 is 0 Å². The number of aromatic nitrogens is 2. The fourth-order valence-corrected chi connectivity index (χ4v) is 2.94. The number of nitrogens with zero attached hydrogens (tertiary/aromatic N) is 2. The third-order valence-corrected chi connectivity index (χ3v) is 3.62. The molecule has 0 spiro atoms. The molecule has 1 aliphatic carbocycles. The van der Waals surface area contributed by atoms with E-state index in [1.165, 1.54) is 5.57 Å². The van der Waals surface area contributed by atoms with Gasteiger partial charge in [0.25, 0.3) is 0 Å². The molecule has 0 bridgehead atoms. The lowest BCUT2D eigenvalue weighted by Crippen LogP contribution is -2.23. The number of carbonyl (C=O) groups excluding carboxylic acids is 1. The summed E-state index contributed by atoms with van der Waals surface area (Å²) in [7, 11) is 0. The van der Waals surface area contributed by atoms with Gasteiger partial charge in [0, 0.05) is 13.0 Å². The summed E-state index contributed by atoms with van der Waals surface area (Å²) in [6.07, 6.45) is 5.31. The third-order valence-electron chi connectivity index (χ3n) is 3.62. The Hall–Kier alpha value is -1.90. The maximum atomic E-state index is 11.8. The molecule has 3 nitrogen and oxygen atoms in total. The van der Waals surface area contributed by atoms with Gasteiger partial charge in [-0.1, -0.05) is 26.0 Å². The number of carbonyl (C=O) groups is 1. The number of ketones is 1. The molecule has 1 heterocycles. The van der Waals surface area contributed by atoms with Crippen molar-refractivity contribution in [3.05, 3.63) is 42.2 Å². The Bertz CT molecular complexity index is 664. The van der Waals surface area contributed by atoms with E-state index in [4.69, 9.17) is 0 Å². The molecule has 0 amide bonds. The molecule has 1 aromatic carbocycles. The van der Waals surface area contributed by atoms with Gasteiger partial charge in [-0.05, 0) is 35.6 Å². The van der Waals surface area contributed by atoms with Gasteiger partial charge in [-0.3, -0.25) is 4.79 Å². The predicted octanol–water partition coefficient (Wildman–Crippen LogP) is 3.35. The molecule has 0 saturated carbocycles. The third kappa shape index (κ3) is 2.46. The van der Waals surface area contributed by atoms with Crippen molar-refractivity contribution >= 4 is 16.8 Å². The SMILES string of the molecule is CC1(C)CC(=O)C=C(Cn2cnc3ccccc32)C1. The first-order valence-electron chi connectivity index (χ1n) is 6.66. The van der Waals surface area contributed by atoms with Crippen LogP contribution >= 0.6 is 0 Å². The summed E-state index contributed by atoms with van der Waals surface area (Å²) < 4.78 is 2.12. The average molecular weight is 254 g/mol. The van der Waals surface area contributed by atoms with E-state index in [0.29, 0.717) is 6.42 Å². The lowest BCUT2D eigenvalue weighted by Gasteiger charge is -2.29. The van der Waals surface area contributed by atoms with Crippen LogP contribution in [0.3, 0.4) is 0 Å². The van der Waals surface area contributed by atoms with Gasteiger partial charge >= 0.3 is 0 Å². The first-order valence-corrected chi connectivity index (χ1v) is 6.66. The molecule has 3 heteroatoms. The Morgan fingerprint density at radius 2 is 2.05 bits per heavy atom. The summed E-state index contributed by atoms with van der Waals surface area (Å²) in [6, 6.07) is 8.09. The van der Waals surface area contributed by atoms with Crippen LogP contribution in [0.15, 0.2) is 42.2 Å². The zero-order valence-electron chi connectivity index (χ0n) is 11.4. The van der Waals surface area contributed by atoms with Crippen LogP contribution in [0.4, 0.5) is 0 Å². The zero-order chi connectivity index (χ0) is 13.5. The normalized spacial score (nSPS) is 18.6. The van der Waals surface area contributed by atoms with Gasteiger partial charge in [0.05, 0.1) is 17.4 Å². The molecule has 0 N–H and O–H groups in total. The Morgan fingerprint density at radius 1 is 1.26 bits per heavy atom. The largest absolute Gasteiger partial charge is 0.326 e.